The molecular weight excluding hydrogens is 349 g/mol. The van der Waals surface area contributed by atoms with Crippen molar-refractivity contribution in [3.05, 3.63) is 45.7 Å². The molecule has 7 heteroatoms. The van der Waals surface area contributed by atoms with Crippen molar-refractivity contribution in [2.75, 3.05) is 6.54 Å². The predicted molar refractivity (Wildman–Crippen MR) is 91.5 cm³/mol. The largest absolute Gasteiger partial charge is 0.508 e. The van der Waals surface area contributed by atoms with Gasteiger partial charge in [0.1, 0.15) is 5.75 Å². The zero-order valence-corrected chi connectivity index (χ0v) is 14.4. The number of nitrogens with zero attached hydrogens (tertiary/aromatic N) is 2. The number of H-pyrrole nitrogens is 1. The molecular formula is C17H17Cl2N3O2. The first-order valence-electron chi connectivity index (χ1n) is 7.99. The monoisotopic (exact) mass is 365 g/mol. The van der Waals surface area contributed by atoms with E-state index in [-0.39, 0.29) is 29.5 Å². The lowest BCUT2D eigenvalue weighted by molar-refractivity contribution is -0.135. The highest BCUT2D eigenvalue weighted by Crippen LogP contribution is 2.46. The predicted octanol–water partition coefficient (Wildman–Crippen LogP) is 3.68. The second-order valence-electron chi connectivity index (χ2n) is 6.60. The number of fused-ring (bicyclic) bond motifs is 1. The minimum atomic E-state index is 0.00764. The lowest BCUT2D eigenvalue weighted by atomic mass is 9.85. The highest BCUT2D eigenvalue weighted by molar-refractivity contribution is 6.42. The molecule has 2 fully saturated rings. The number of aromatic amines is 1. The molecule has 3 atom stereocenters. The lowest BCUT2D eigenvalue weighted by Gasteiger charge is -2.34. The number of halogens is 2. The molecule has 2 N–H and O–H groups in total. The Morgan fingerprint density at radius 2 is 2.04 bits per heavy atom. The number of benzene rings is 1. The quantitative estimate of drug-likeness (QED) is 0.852. The molecule has 0 saturated carbocycles. The van der Waals surface area contributed by atoms with Crippen LogP contribution in [0.3, 0.4) is 0 Å². The van der Waals surface area contributed by atoms with Crippen molar-refractivity contribution in [2.45, 2.75) is 37.1 Å². The summed E-state index contributed by atoms with van der Waals surface area (Å²) in [5.74, 6) is 0.499. The van der Waals surface area contributed by atoms with Crippen LogP contribution in [0.25, 0.3) is 0 Å². The third kappa shape index (κ3) is 2.56. The van der Waals surface area contributed by atoms with Crippen molar-refractivity contribution in [3.8, 4) is 5.75 Å². The Hall–Kier alpha value is -1.72. The van der Waals surface area contributed by atoms with Gasteiger partial charge in [-0.1, -0.05) is 23.2 Å². The molecule has 24 heavy (non-hydrogen) atoms. The first-order valence-corrected chi connectivity index (χ1v) is 8.75. The average molecular weight is 366 g/mol. The van der Waals surface area contributed by atoms with E-state index < -0.39 is 0 Å². The number of aromatic nitrogens is 2. The van der Waals surface area contributed by atoms with Gasteiger partial charge in [0.2, 0.25) is 5.91 Å². The molecule has 0 spiro atoms. The molecule has 3 heterocycles. The van der Waals surface area contributed by atoms with E-state index in [9.17, 15) is 9.90 Å². The number of nitrogens with one attached hydrogen (secondary N) is 1. The Morgan fingerprint density at radius 1 is 1.25 bits per heavy atom. The lowest BCUT2D eigenvalue weighted by Crippen LogP contribution is -2.41. The Morgan fingerprint density at radius 3 is 2.79 bits per heavy atom. The number of amides is 1. The van der Waals surface area contributed by atoms with Gasteiger partial charge in [-0.3, -0.25) is 9.89 Å². The van der Waals surface area contributed by atoms with E-state index in [4.69, 9.17) is 23.2 Å². The van der Waals surface area contributed by atoms with Crippen molar-refractivity contribution < 1.29 is 9.90 Å². The van der Waals surface area contributed by atoms with Crippen LogP contribution in [0.1, 0.15) is 42.2 Å². The number of rotatable bonds is 2. The van der Waals surface area contributed by atoms with Gasteiger partial charge in [-0.2, -0.15) is 5.10 Å². The first-order chi connectivity index (χ1) is 11.5. The molecule has 0 radical (unpaired) electrons. The van der Waals surface area contributed by atoms with Crippen molar-refractivity contribution >= 4 is 29.1 Å². The summed E-state index contributed by atoms with van der Waals surface area (Å²) in [6.07, 6.45) is 5.84. The summed E-state index contributed by atoms with van der Waals surface area (Å²) in [5.41, 5.74) is 1.74. The minimum absolute atomic E-state index is 0.00764. The number of hydrogen-bond acceptors (Lipinski definition) is 3. The summed E-state index contributed by atoms with van der Waals surface area (Å²) in [6, 6.07) is 3.31. The molecule has 0 bridgehead atoms. The summed E-state index contributed by atoms with van der Waals surface area (Å²) < 4.78 is 0. The standard InChI is InChI=1S/C17H17Cl2N3O2/c18-13-1-2-14(23)16(17(13)19)10-4-12-3-9(11-6-20-21-7-11)5-15(24)22(12)8-10/h1-2,6-7,9-10,12,23H,3-5,8H2,(H,20,21)/t9?,10-,12+/m0/s1. The highest BCUT2D eigenvalue weighted by atomic mass is 35.5. The van der Waals surface area contributed by atoms with Crippen LogP contribution in [0, 0.1) is 0 Å². The first kappa shape index (κ1) is 15.8. The summed E-state index contributed by atoms with van der Waals surface area (Å²) in [6.45, 7) is 0.579. The molecule has 1 unspecified atom stereocenters. The fourth-order valence-corrected chi connectivity index (χ4v) is 4.56. The summed E-state index contributed by atoms with van der Waals surface area (Å²) in [7, 11) is 0. The van der Waals surface area contributed by atoms with E-state index in [1.54, 1.807) is 18.3 Å². The number of aromatic hydroxyl groups is 1. The highest BCUT2D eigenvalue weighted by Gasteiger charge is 2.43. The van der Waals surface area contributed by atoms with E-state index in [0.29, 0.717) is 28.6 Å². The van der Waals surface area contributed by atoms with Crippen LogP contribution in [0.2, 0.25) is 10.0 Å². The molecule has 4 rings (SSSR count). The van der Waals surface area contributed by atoms with E-state index in [1.807, 2.05) is 11.1 Å². The number of carbonyl (C=O) groups is 1. The number of phenols is 1. The molecule has 126 valence electrons. The van der Waals surface area contributed by atoms with Crippen LogP contribution in [-0.4, -0.2) is 38.7 Å². The molecule has 2 saturated heterocycles. The Balaban J connectivity index is 1.60. The van der Waals surface area contributed by atoms with Gasteiger partial charge in [0.15, 0.2) is 0 Å². The number of carbonyl (C=O) groups excluding carboxylic acids is 1. The Bertz CT molecular complexity index is 778. The SMILES string of the molecule is O=C1CC(c2cn[nH]c2)C[C@@H]2C[C@H](c3c(O)ccc(Cl)c3Cl)CN12. The van der Waals surface area contributed by atoms with Gasteiger partial charge in [0.25, 0.3) is 0 Å². The van der Waals surface area contributed by atoms with Gasteiger partial charge in [-0.05, 0) is 36.5 Å². The zero-order chi connectivity index (χ0) is 16.8. The third-order valence-electron chi connectivity index (χ3n) is 5.22. The fraction of sp³-hybridized carbons (Fsp3) is 0.412. The Labute approximate surface area is 149 Å². The molecule has 2 aromatic rings. The molecule has 0 aliphatic carbocycles. The van der Waals surface area contributed by atoms with E-state index in [1.165, 1.54) is 0 Å². The average Bonchev–Trinajstić information content (AvgIpc) is 3.20. The summed E-state index contributed by atoms with van der Waals surface area (Å²) in [4.78, 5) is 14.5. The molecule has 1 amide bonds. The van der Waals surface area contributed by atoms with Gasteiger partial charge in [0, 0.05) is 36.7 Å². The van der Waals surface area contributed by atoms with E-state index in [2.05, 4.69) is 10.2 Å². The zero-order valence-electron chi connectivity index (χ0n) is 12.9. The maximum Gasteiger partial charge on any atom is 0.223 e. The van der Waals surface area contributed by atoms with E-state index in [0.717, 1.165) is 18.4 Å². The van der Waals surface area contributed by atoms with Crippen molar-refractivity contribution in [2.24, 2.45) is 0 Å². The molecule has 1 aromatic heterocycles. The Kier molecular flexibility index (Phi) is 3.93. The van der Waals surface area contributed by atoms with Gasteiger partial charge < -0.3 is 10.0 Å². The third-order valence-corrected chi connectivity index (χ3v) is 6.04. The number of hydrogen-bond donors (Lipinski definition) is 2. The van der Waals surface area contributed by atoms with Crippen LogP contribution in [0.5, 0.6) is 5.75 Å². The van der Waals surface area contributed by atoms with E-state index >= 15 is 0 Å². The number of phenolic OH excluding ortho intramolecular Hbond substituents is 1. The van der Waals surface area contributed by atoms with Crippen LogP contribution in [-0.2, 0) is 4.79 Å². The van der Waals surface area contributed by atoms with Crippen LogP contribution in [0.4, 0.5) is 0 Å². The molecule has 5 nitrogen and oxygen atoms in total. The van der Waals surface area contributed by atoms with Gasteiger partial charge in [0.05, 0.1) is 16.2 Å². The smallest absolute Gasteiger partial charge is 0.223 e. The van der Waals surface area contributed by atoms with Crippen LogP contribution in [0.15, 0.2) is 24.5 Å². The second kappa shape index (κ2) is 5.97. The van der Waals surface area contributed by atoms with Gasteiger partial charge >= 0.3 is 0 Å². The maximum atomic E-state index is 12.6. The molecule has 1 aromatic carbocycles. The summed E-state index contributed by atoms with van der Waals surface area (Å²) >= 11 is 12.4. The van der Waals surface area contributed by atoms with Crippen molar-refractivity contribution in [1.82, 2.24) is 15.1 Å². The van der Waals surface area contributed by atoms with Crippen molar-refractivity contribution in [3.63, 3.8) is 0 Å². The second-order valence-corrected chi connectivity index (χ2v) is 7.38. The van der Waals surface area contributed by atoms with Gasteiger partial charge in [-0.25, -0.2) is 0 Å². The topological polar surface area (TPSA) is 69.2 Å². The van der Waals surface area contributed by atoms with Crippen molar-refractivity contribution in [1.29, 1.82) is 0 Å². The number of piperidine rings is 1. The fourth-order valence-electron chi connectivity index (χ4n) is 4.08. The van der Waals surface area contributed by atoms with Crippen LogP contribution >= 0.6 is 23.2 Å². The van der Waals surface area contributed by atoms with Gasteiger partial charge in [-0.15, -0.1) is 0 Å². The normalized spacial score (nSPS) is 26.7. The summed E-state index contributed by atoms with van der Waals surface area (Å²) in [5, 5.41) is 17.8. The van der Waals surface area contributed by atoms with Crippen LogP contribution < -0.4 is 0 Å². The molecule has 2 aliphatic rings. The maximum absolute atomic E-state index is 12.6. The minimum Gasteiger partial charge on any atom is -0.508 e. The molecule has 2 aliphatic heterocycles.